The third kappa shape index (κ3) is 3.89. The smallest absolute Gasteiger partial charge is 0.254 e. The fourth-order valence-corrected chi connectivity index (χ4v) is 4.19. The van der Waals surface area contributed by atoms with Gasteiger partial charge in [0.25, 0.3) is 5.91 Å². The topological polar surface area (TPSA) is 45.1 Å². The first-order chi connectivity index (χ1) is 15.1. The third-order valence-electron chi connectivity index (χ3n) is 5.63. The van der Waals surface area contributed by atoms with E-state index in [0.717, 1.165) is 34.1 Å². The molecular weight excluding hydrogens is 410 g/mol. The number of benzene rings is 3. The summed E-state index contributed by atoms with van der Waals surface area (Å²) in [6.45, 7) is 4.70. The van der Waals surface area contributed by atoms with Gasteiger partial charge in [-0.2, -0.15) is 0 Å². The molecule has 1 amide bonds. The van der Waals surface area contributed by atoms with E-state index in [1.165, 1.54) is 0 Å². The first-order valence-corrected chi connectivity index (χ1v) is 10.7. The van der Waals surface area contributed by atoms with Crippen molar-refractivity contribution < 1.29 is 9.53 Å². The zero-order valence-corrected chi connectivity index (χ0v) is 18.0. The van der Waals surface area contributed by atoms with Gasteiger partial charge in [0.05, 0.1) is 5.56 Å². The molecule has 1 saturated heterocycles. The van der Waals surface area contributed by atoms with Crippen LogP contribution in [0.25, 0.3) is 0 Å². The molecule has 5 rings (SSSR count). The lowest BCUT2D eigenvalue weighted by atomic mass is 10.1. The standard InChI is InChI=1S/C25H22ClN3O2/c1-17-9-10-22-20(15-17)24(27-21-7-2-3-8-23(21)31-22)28-11-13-29(14-12-28)25(30)18-5-4-6-19(26)16-18/h2-10,15-16H,11-14H2,1H3. The molecule has 0 saturated carbocycles. The van der Waals surface area contributed by atoms with Crippen LogP contribution < -0.4 is 4.74 Å². The monoisotopic (exact) mass is 431 g/mol. The first kappa shape index (κ1) is 19.6. The van der Waals surface area contributed by atoms with Crippen LogP contribution in [0.15, 0.2) is 71.7 Å². The van der Waals surface area contributed by atoms with E-state index in [4.69, 9.17) is 21.3 Å². The van der Waals surface area contributed by atoms with Crippen LogP contribution in [-0.4, -0.2) is 47.7 Å². The van der Waals surface area contributed by atoms with Gasteiger partial charge in [-0.15, -0.1) is 0 Å². The molecule has 1 fully saturated rings. The van der Waals surface area contributed by atoms with Crippen LogP contribution in [0.3, 0.4) is 0 Å². The number of fused-ring (bicyclic) bond motifs is 2. The summed E-state index contributed by atoms with van der Waals surface area (Å²) in [5.41, 5.74) is 3.56. The Hall–Kier alpha value is -3.31. The lowest BCUT2D eigenvalue weighted by molar-refractivity contribution is 0.0692. The number of aryl methyl sites for hydroxylation is 1. The average Bonchev–Trinajstić information content (AvgIpc) is 2.95. The van der Waals surface area contributed by atoms with Crippen molar-refractivity contribution >= 4 is 29.0 Å². The van der Waals surface area contributed by atoms with E-state index in [1.54, 1.807) is 12.1 Å². The van der Waals surface area contributed by atoms with Crippen molar-refractivity contribution in [1.82, 2.24) is 9.80 Å². The number of carbonyl (C=O) groups is 1. The third-order valence-corrected chi connectivity index (χ3v) is 5.86. The molecule has 0 radical (unpaired) electrons. The number of halogens is 1. The molecule has 5 nitrogen and oxygen atoms in total. The summed E-state index contributed by atoms with van der Waals surface area (Å²) in [5, 5.41) is 0.572. The summed E-state index contributed by atoms with van der Waals surface area (Å²) in [6.07, 6.45) is 0. The highest BCUT2D eigenvalue weighted by Gasteiger charge is 2.28. The molecule has 0 aromatic heterocycles. The van der Waals surface area contributed by atoms with E-state index < -0.39 is 0 Å². The van der Waals surface area contributed by atoms with Crippen molar-refractivity contribution in [1.29, 1.82) is 0 Å². The van der Waals surface area contributed by atoms with Crippen LogP contribution in [0.2, 0.25) is 5.02 Å². The van der Waals surface area contributed by atoms with E-state index in [2.05, 4.69) is 17.9 Å². The summed E-state index contributed by atoms with van der Waals surface area (Å²) in [6, 6.07) is 21.1. The maximum absolute atomic E-state index is 12.9. The van der Waals surface area contributed by atoms with Crippen molar-refractivity contribution in [3.63, 3.8) is 0 Å². The molecule has 31 heavy (non-hydrogen) atoms. The molecule has 0 N–H and O–H groups in total. The van der Waals surface area contributed by atoms with Crippen molar-refractivity contribution in [2.45, 2.75) is 6.92 Å². The Bertz CT molecular complexity index is 1180. The Kier molecular flexibility index (Phi) is 5.12. The summed E-state index contributed by atoms with van der Waals surface area (Å²) >= 11 is 6.06. The minimum absolute atomic E-state index is 0.00915. The van der Waals surface area contributed by atoms with Gasteiger partial charge in [-0.3, -0.25) is 4.79 Å². The second-order valence-electron chi connectivity index (χ2n) is 7.79. The molecule has 0 spiro atoms. The number of carbonyl (C=O) groups excluding carboxylic acids is 1. The van der Waals surface area contributed by atoms with Crippen LogP contribution >= 0.6 is 11.6 Å². The van der Waals surface area contributed by atoms with Gasteiger partial charge in [-0.1, -0.05) is 41.4 Å². The summed E-state index contributed by atoms with van der Waals surface area (Å²) < 4.78 is 6.19. The Balaban J connectivity index is 1.42. The molecule has 0 bridgehead atoms. The first-order valence-electron chi connectivity index (χ1n) is 10.3. The molecule has 2 aliphatic heterocycles. The molecular formula is C25H22ClN3O2. The van der Waals surface area contributed by atoms with Crippen LogP contribution in [0, 0.1) is 6.92 Å². The minimum atomic E-state index is 0.00915. The number of rotatable bonds is 1. The summed E-state index contributed by atoms with van der Waals surface area (Å²) in [4.78, 5) is 22.0. The number of amidine groups is 1. The van der Waals surface area contributed by atoms with Gasteiger partial charge in [0.15, 0.2) is 5.75 Å². The molecule has 3 aromatic rings. The van der Waals surface area contributed by atoms with Gasteiger partial charge in [0.2, 0.25) is 0 Å². The van der Waals surface area contributed by atoms with Gasteiger partial charge < -0.3 is 14.5 Å². The second kappa shape index (κ2) is 8.08. The Labute approximate surface area is 186 Å². The quantitative estimate of drug-likeness (QED) is 0.525. The number of amides is 1. The van der Waals surface area contributed by atoms with E-state index in [9.17, 15) is 4.79 Å². The number of hydrogen-bond donors (Lipinski definition) is 0. The second-order valence-corrected chi connectivity index (χ2v) is 8.23. The zero-order valence-electron chi connectivity index (χ0n) is 17.2. The zero-order chi connectivity index (χ0) is 21.4. The van der Waals surface area contributed by atoms with Crippen molar-refractivity contribution in [3.05, 3.63) is 88.4 Å². The van der Waals surface area contributed by atoms with Gasteiger partial charge >= 0.3 is 0 Å². The molecule has 2 aliphatic rings. The molecule has 2 heterocycles. The fraction of sp³-hybridized carbons (Fsp3) is 0.200. The maximum Gasteiger partial charge on any atom is 0.254 e. The van der Waals surface area contributed by atoms with Gasteiger partial charge in [0.1, 0.15) is 17.3 Å². The molecule has 3 aromatic carbocycles. The molecule has 0 unspecified atom stereocenters. The Morgan fingerprint density at radius 1 is 0.935 bits per heavy atom. The van der Waals surface area contributed by atoms with Gasteiger partial charge in [-0.05, 0) is 49.4 Å². The highest BCUT2D eigenvalue weighted by atomic mass is 35.5. The molecule has 0 atom stereocenters. The highest BCUT2D eigenvalue weighted by Crippen LogP contribution is 2.38. The number of aliphatic imine (C=N–C) groups is 1. The maximum atomic E-state index is 12.9. The van der Waals surface area contributed by atoms with Crippen molar-refractivity contribution in [2.75, 3.05) is 26.2 Å². The Morgan fingerprint density at radius 3 is 2.55 bits per heavy atom. The van der Waals surface area contributed by atoms with Crippen LogP contribution in [-0.2, 0) is 0 Å². The average molecular weight is 432 g/mol. The van der Waals surface area contributed by atoms with Crippen LogP contribution in [0.1, 0.15) is 21.5 Å². The van der Waals surface area contributed by atoms with Crippen LogP contribution in [0.4, 0.5) is 5.69 Å². The SMILES string of the molecule is Cc1ccc2c(c1)C(N1CCN(C(=O)c3cccc(Cl)c3)CC1)=Nc1ccccc1O2. The summed E-state index contributed by atoms with van der Waals surface area (Å²) in [7, 11) is 0. The Morgan fingerprint density at radius 2 is 1.74 bits per heavy atom. The predicted octanol–water partition coefficient (Wildman–Crippen LogP) is 5.29. The van der Waals surface area contributed by atoms with Gasteiger partial charge in [-0.25, -0.2) is 4.99 Å². The van der Waals surface area contributed by atoms with Crippen molar-refractivity contribution in [3.8, 4) is 11.5 Å². The van der Waals surface area contributed by atoms with Gasteiger partial charge in [0, 0.05) is 36.8 Å². The van der Waals surface area contributed by atoms with Crippen molar-refractivity contribution in [2.24, 2.45) is 4.99 Å². The number of hydrogen-bond acceptors (Lipinski definition) is 4. The van der Waals surface area contributed by atoms with E-state index in [0.29, 0.717) is 36.8 Å². The lowest BCUT2D eigenvalue weighted by Crippen LogP contribution is -2.50. The minimum Gasteiger partial charge on any atom is -0.454 e. The summed E-state index contributed by atoms with van der Waals surface area (Å²) in [5.74, 6) is 2.44. The highest BCUT2D eigenvalue weighted by molar-refractivity contribution is 6.31. The van der Waals surface area contributed by atoms with E-state index >= 15 is 0 Å². The number of ether oxygens (including phenoxy) is 1. The number of para-hydroxylation sites is 2. The van der Waals surface area contributed by atoms with E-state index in [1.807, 2.05) is 53.4 Å². The fourth-order valence-electron chi connectivity index (χ4n) is 4.00. The van der Waals surface area contributed by atoms with E-state index in [-0.39, 0.29) is 5.91 Å². The van der Waals surface area contributed by atoms with Crippen LogP contribution in [0.5, 0.6) is 11.5 Å². The number of piperazine rings is 1. The molecule has 6 heteroatoms. The number of nitrogens with zero attached hydrogens (tertiary/aromatic N) is 3. The largest absolute Gasteiger partial charge is 0.454 e. The predicted molar refractivity (Wildman–Crippen MR) is 123 cm³/mol. The normalized spacial score (nSPS) is 15.4. The lowest BCUT2D eigenvalue weighted by Gasteiger charge is -2.36. The molecule has 0 aliphatic carbocycles. The molecule has 156 valence electrons.